The first-order valence-electron chi connectivity index (χ1n) is 10.0. The maximum absolute atomic E-state index is 14.7. The van der Waals surface area contributed by atoms with Crippen LogP contribution in [0.5, 0.6) is 0 Å². The van der Waals surface area contributed by atoms with Gasteiger partial charge in [0.15, 0.2) is 0 Å². The van der Waals surface area contributed by atoms with Crippen LogP contribution in [0.4, 0.5) is 8.78 Å². The molecular formula is C21H27ClF2N2O2. The SMILES string of the molecule is CC(=O)NCC1CCC(C(=O)N[C@H](c2c(F)ccc(Cl)c2F)C2CCCC2)C1. The van der Waals surface area contributed by atoms with Crippen LogP contribution in [0.15, 0.2) is 12.1 Å². The molecule has 0 saturated heterocycles. The highest BCUT2D eigenvalue weighted by Crippen LogP contribution is 2.40. The average molecular weight is 413 g/mol. The molecule has 4 nitrogen and oxygen atoms in total. The van der Waals surface area contributed by atoms with Crippen molar-refractivity contribution in [1.29, 1.82) is 0 Å². The van der Waals surface area contributed by atoms with Gasteiger partial charge in [0.1, 0.15) is 11.6 Å². The lowest BCUT2D eigenvalue weighted by Gasteiger charge is -2.27. The number of hydrogen-bond acceptors (Lipinski definition) is 2. The molecule has 0 spiro atoms. The molecular weight excluding hydrogens is 386 g/mol. The third kappa shape index (κ3) is 4.83. The minimum Gasteiger partial charge on any atom is -0.356 e. The van der Waals surface area contributed by atoms with Crippen LogP contribution in [0.25, 0.3) is 0 Å². The molecule has 2 aliphatic rings. The van der Waals surface area contributed by atoms with Crippen LogP contribution in [-0.4, -0.2) is 18.4 Å². The van der Waals surface area contributed by atoms with Crippen molar-refractivity contribution in [2.45, 2.75) is 57.9 Å². The number of carbonyl (C=O) groups is 2. The number of amides is 2. The molecule has 0 aromatic heterocycles. The molecule has 3 rings (SSSR count). The van der Waals surface area contributed by atoms with E-state index in [1.54, 1.807) is 0 Å². The second-order valence-electron chi connectivity index (χ2n) is 8.10. The summed E-state index contributed by atoms with van der Waals surface area (Å²) < 4.78 is 29.2. The zero-order valence-electron chi connectivity index (χ0n) is 16.1. The van der Waals surface area contributed by atoms with Crippen molar-refractivity contribution >= 4 is 23.4 Å². The summed E-state index contributed by atoms with van der Waals surface area (Å²) in [6.45, 7) is 2.03. The second-order valence-corrected chi connectivity index (χ2v) is 8.51. The van der Waals surface area contributed by atoms with Crippen LogP contribution >= 0.6 is 11.6 Å². The van der Waals surface area contributed by atoms with Gasteiger partial charge in [-0.05, 0) is 56.1 Å². The van der Waals surface area contributed by atoms with Crippen molar-refractivity contribution in [3.05, 3.63) is 34.4 Å². The van der Waals surface area contributed by atoms with Gasteiger partial charge in [-0.25, -0.2) is 8.78 Å². The van der Waals surface area contributed by atoms with Gasteiger partial charge in [0, 0.05) is 24.9 Å². The maximum Gasteiger partial charge on any atom is 0.223 e. The molecule has 2 unspecified atom stereocenters. The molecule has 2 aliphatic carbocycles. The van der Waals surface area contributed by atoms with E-state index in [2.05, 4.69) is 10.6 Å². The number of halogens is 3. The predicted molar refractivity (Wildman–Crippen MR) is 104 cm³/mol. The highest BCUT2D eigenvalue weighted by Gasteiger charge is 2.36. The van der Waals surface area contributed by atoms with Crippen LogP contribution in [-0.2, 0) is 9.59 Å². The molecule has 7 heteroatoms. The standard InChI is InChI=1S/C21H27ClF2N2O2/c1-12(27)25-11-13-6-7-15(10-13)21(28)26-20(14-4-2-3-5-14)18-17(23)9-8-16(22)19(18)24/h8-9,13-15,20H,2-7,10-11H2,1H3,(H,25,27)(H,26,28)/t13?,15?,20-/m0/s1. The lowest BCUT2D eigenvalue weighted by atomic mass is 9.90. The van der Waals surface area contributed by atoms with Crippen molar-refractivity contribution in [3.8, 4) is 0 Å². The van der Waals surface area contributed by atoms with E-state index in [0.29, 0.717) is 19.4 Å². The van der Waals surface area contributed by atoms with Crippen molar-refractivity contribution in [3.63, 3.8) is 0 Å². The third-order valence-electron chi connectivity index (χ3n) is 6.11. The summed E-state index contributed by atoms with van der Waals surface area (Å²) in [6, 6.07) is 1.66. The number of hydrogen-bond donors (Lipinski definition) is 2. The van der Waals surface area contributed by atoms with Gasteiger partial charge in [0.2, 0.25) is 11.8 Å². The van der Waals surface area contributed by atoms with Gasteiger partial charge in [0.25, 0.3) is 0 Å². The van der Waals surface area contributed by atoms with Crippen molar-refractivity contribution in [1.82, 2.24) is 10.6 Å². The molecule has 2 saturated carbocycles. The van der Waals surface area contributed by atoms with Crippen molar-refractivity contribution in [2.24, 2.45) is 17.8 Å². The monoisotopic (exact) mass is 412 g/mol. The zero-order valence-corrected chi connectivity index (χ0v) is 16.8. The molecule has 1 aromatic rings. The molecule has 28 heavy (non-hydrogen) atoms. The Morgan fingerprint density at radius 3 is 2.57 bits per heavy atom. The molecule has 0 heterocycles. The Balaban J connectivity index is 1.73. The molecule has 3 atom stereocenters. The minimum absolute atomic E-state index is 0.00277. The van der Waals surface area contributed by atoms with Crippen LogP contribution in [0.1, 0.15) is 63.5 Å². The summed E-state index contributed by atoms with van der Waals surface area (Å²) in [7, 11) is 0. The van der Waals surface area contributed by atoms with Gasteiger partial charge >= 0.3 is 0 Å². The highest BCUT2D eigenvalue weighted by atomic mass is 35.5. The Kier molecular flexibility index (Phi) is 6.91. The van der Waals surface area contributed by atoms with E-state index in [1.807, 2.05) is 0 Å². The van der Waals surface area contributed by atoms with Crippen LogP contribution < -0.4 is 10.6 Å². The molecule has 0 radical (unpaired) electrons. The van der Waals surface area contributed by atoms with Crippen molar-refractivity contribution < 1.29 is 18.4 Å². The Hall–Kier alpha value is -1.69. The summed E-state index contributed by atoms with van der Waals surface area (Å²) in [6.07, 6.45) is 5.87. The fourth-order valence-corrected chi connectivity index (χ4v) is 4.77. The van der Waals surface area contributed by atoms with Crippen LogP contribution in [0.3, 0.4) is 0 Å². The number of benzene rings is 1. The molecule has 1 aromatic carbocycles. The van der Waals surface area contributed by atoms with Gasteiger partial charge in [-0.3, -0.25) is 9.59 Å². The summed E-state index contributed by atoms with van der Waals surface area (Å²) in [4.78, 5) is 24.0. The van der Waals surface area contributed by atoms with Gasteiger partial charge in [-0.1, -0.05) is 24.4 Å². The molecule has 2 fully saturated rings. The van der Waals surface area contributed by atoms with E-state index in [1.165, 1.54) is 13.0 Å². The fourth-order valence-electron chi connectivity index (χ4n) is 4.60. The van der Waals surface area contributed by atoms with E-state index in [9.17, 15) is 18.4 Å². The van der Waals surface area contributed by atoms with E-state index in [4.69, 9.17) is 11.6 Å². The smallest absolute Gasteiger partial charge is 0.223 e. The number of carbonyl (C=O) groups excluding carboxylic acids is 2. The van der Waals surface area contributed by atoms with Crippen LogP contribution in [0.2, 0.25) is 5.02 Å². The summed E-state index contributed by atoms with van der Waals surface area (Å²) in [5.74, 6) is -1.65. The normalized spacial score (nSPS) is 23.6. The van der Waals surface area contributed by atoms with Gasteiger partial charge in [-0.15, -0.1) is 0 Å². The van der Waals surface area contributed by atoms with Gasteiger partial charge in [0.05, 0.1) is 11.1 Å². The second kappa shape index (κ2) is 9.21. The zero-order chi connectivity index (χ0) is 20.3. The predicted octanol–water partition coefficient (Wildman–Crippen LogP) is 4.52. The summed E-state index contributed by atoms with van der Waals surface area (Å²) in [5.41, 5.74) is -0.124. The largest absolute Gasteiger partial charge is 0.356 e. The molecule has 0 aliphatic heterocycles. The average Bonchev–Trinajstić information content (AvgIpc) is 3.34. The van der Waals surface area contributed by atoms with E-state index in [0.717, 1.165) is 38.2 Å². The fraction of sp³-hybridized carbons (Fsp3) is 0.619. The van der Waals surface area contributed by atoms with Gasteiger partial charge < -0.3 is 10.6 Å². The molecule has 154 valence electrons. The first kappa shape index (κ1) is 21.0. The lowest BCUT2D eigenvalue weighted by molar-refractivity contribution is -0.126. The van der Waals surface area contributed by atoms with E-state index in [-0.39, 0.29) is 40.2 Å². The summed E-state index contributed by atoms with van der Waals surface area (Å²) >= 11 is 5.89. The Labute approximate surface area is 169 Å². The Morgan fingerprint density at radius 1 is 1.18 bits per heavy atom. The van der Waals surface area contributed by atoms with Gasteiger partial charge in [-0.2, -0.15) is 0 Å². The first-order chi connectivity index (χ1) is 13.4. The third-order valence-corrected chi connectivity index (χ3v) is 6.40. The van der Waals surface area contributed by atoms with E-state index < -0.39 is 17.7 Å². The number of nitrogens with one attached hydrogen (secondary N) is 2. The lowest BCUT2D eigenvalue weighted by Crippen LogP contribution is -2.37. The number of rotatable bonds is 6. The summed E-state index contributed by atoms with van der Waals surface area (Å²) in [5, 5.41) is 5.61. The quantitative estimate of drug-likeness (QED) is 0.675. The Morgan fingerprint density at radius 2 is 1.89 bits per heavy atom. The van der Waals surface area contributed by atoms with E-state index >= 15 is 0 Å². The Bertz CT molecular complexity index is 737. The first-order valence-corrected chi connectivity index (χ1v) is 10.4. The topological polar surface area (TPSA) is 58.2 Å². The maximum atomic E-state index is 14.7. The minimum atomic E-state index is -0.783. The molecule has 2 N–H and O–H groups in total. The molecule has 0 bridgehead atoms. The molecule has 2 amide bonds. The van der Waals surface area contributed by atoms with Crippen molar-refractivity contribution in [2.75, 3.05) is 6.54 Å². The van der Waals surface area contributed by atoms with Crippen LogP contribution in [0, 0.1) is 29.4 Å². The highest BCUT2D eigenvalue weighted by molar-refractivity contribution is 6.30.